The number of nitrogens with one attached hydrogen (secondary N) is 1. The highest BCUT2D eigenvalue weighted by Crippen LogP contribution is 2.32. The number of urea groups is 1. The molecule has 10 nitrogen and oxygen atoms in total. The fourth-order valence-corrected chi connectivity index (χ4v) is 3.12. The number of benzene rings is 2. The van der Waals surface area contributed by atoms with Crippen LogP contribution in [0.25, 0.3) is 6.08 Å². The van der Waals surface area contributed by atoms with Gasteiger partial charge in [0.1, 0.15) is 17.0 Å². The summed E-state index contributed by atoms with van der Waals surface area (Å²) in [5.74, 6) is -1.45. The number of amides is 4. The van der Waals surface area contributed by atoms with Gasteiger partial charge < -0.3 is 9.64 Å². The summed E-state index contributed by atoms with van der Waals surface area (Å²) in [4.78, 5) is 51.2. The number of carbonyl (C=O) groups excluding carboxylic acids is 3. The van der Waals surface area contributed by atoms with Crippen LogP contribution in [0.3, 0.4) is 0 Å². The molecule has 2 aromatic carbocycles. The molecular weight excluding hydrogens is 404 g/mol. The van der Waals surface area contributed by atoms with Gasteiger partial charge in [0.2, 0.25) is 0 Å². The molecule has 0 aliphatic carbocycles. The van der Waals surface area contributed by atoms with E-state index in [4.69, 9.17) is 4.74 Å². The Morgan fingerprint density at radius 2 is 1.87 bits per heavy atom. The van der Waals surface area contributed by atoms with Crippen molar-refractivity contribution in [3.63, 3.8) is 0 Å². The van der Waals surface area contributed by atoms with E-state index < -0.39 is 22.8 Å². The monoisotopic (exact) mass is 424 g/mol. The lowest BCUT2D eigenvalue weighted by atomic mass is 10.1. The van der Waals surface area contributed by atoms with Crippen molar-refractivity contribution in [3.8, 4) is 5.75 Å². The van der Waals surface area contributed by atoms with Crippen LogP contribution in [0.2, 0.25) is 0 Å². The fraction of sp³-hybridized carbons (Fsp3) is 0.190. The van der Waals surface area contributed by atoms with E-state index in [0.717, 1.165) is 4.90 Å². The zero-order valence-corrected chi connectivity index (χ0v) is 17.1. The molecule has 3 rings (SSSR count). The van der Waals surface area contributed by atoms with E-state index in [1.54, 1.807) is 50.2 Å². The van der Waals surface area contributed by atoms with Crippen LogP contribution in [-0.4, -0.2) is 43.5 Å². The molecule has 0 atom stereocenters. The minimum atomic E-state index is -0.909. The molecule has 2 aromatic rings. The Balaban J connectivity index is 2.06. The Labute approximate surface area is 177 Å². The third-order valence-electron chi connectivity index (χ3n) is 4.50. The first-order chi connectivity index (χ1) is 14.7. The largest absolute Gasteiger partial charge is 0.492 e. The number of rotatable bonds is 6. The van der Waals surface area contributed by atoms with Gasteiger partial charge in [0.05, 0.1) is 17.2 Å². The molecule has 0 saturated carbocycles. The number of barbiturate groups is 1. The van der Waals surface area contributed by atoms with Crippen molar-refractivity contribution >= 4 is 41.0 Å². The molecule has 0 spiro atoms. The first kappa shape index (κ1) is 21.5. The molecule has 160 valence electrons. The van der Waals surface area contributed by atoms with Crippen molar-refractivity contribution in [1.29, 1.82) is 0 Å². The molecule has 0 radical (unpaired) electrons. The summed E-state index contributed by atoms with van der Waals surface area (Å²) in [5, 5.41) is 13.5. The van der Waals surface area contributed by atoms with Crippen molar-refractivity contribution in [1.82, 2.24) is 5.32 Å². The Bertz CT molecular complexity index is 1110. The Morgan fingerprint density at radius 3 is 2.52 bits per heavy atom. The highest BCUT2D eigenvalue weighted by molar-refractivity contribution is 6.39. The number of imide groups is 2. The predicted molar refractivity (Wildman–Crippen MR) is 114 cm³/mol. The second-order valence-corrected chi connectivity index (χ2v) is 6.76. The Kier molecular flexibility index (Phi) is 6.00. The maximum Gasteiger partial charge on any atom is 0.336 e. The Hall–Kier alpha value is -4.21. The van der Waals surface area contributed by atoms with Gasteiger partial charge in [0, 0.05) is 20.2 Å². The number of para-hydroxylation sites is 2. The molecule has 1 saturated heterocycles. The van der Waals surface area contributed by atoms with Crippen LogP contribution in [0.1, 0.15) is 12.5 Å². The second-order valence-electron chi connectivity index (χ2n) is 6.76. The highest BCUT2D eigenvalue weighted by Gasteiger charge is 2.38. The van der Waals surface area contributed by atoms with Crippen LogP contribution in [-0.2, 0) is 9.59 Å². The van der Waals surface area contributed by atoms with E-state index in [0.29, 0.717) is 18.0 Å². The van der Waals surface area contributed by atoms with Crippen molar-refractivity contribution in [2.24, 2.45) is 0 Å². The van der Waals surface area contributed by atoms with Gasteiger partial charge in [0.15, 0.2) is 0 Å². The summed E-state index contributed by atoms with van der Waals surface area (Å²) < 4.78 is 5.49. The SMILES string of the molecule is CCOc1ccccc1N1C(=O)NC(=O)/C(=C\c2ccc(N(C)C)c([N+](=O)[O-])c2)C1=O. The molecule has 1 fully saturated rings. The number of nitrogens with zero attached hydrogens (tertiary/aromatic N) is 3. The highest BCUT2D eigenvalue weighted by atomic mass is 16.6. The summed E-state index contributed by atoms with van der Waals surface area (Å²) in [7, 11) is 3.33. The van der Waals surface area contributed by atoms with Gasteiger partial charge in [-0.25, -0.2) is 9.69 Å². The fourth-order valence-electron chi connectivity index (χ4n) is 3.12. The number of nitro groups is 1. The average Bonchev–Trinajstić information content (AvgIpc) is 2.72. The summed E-state index contributed by atoms with van der Waals surface area (Å²) in [6, 6.07) is 9.85. The lowest BCUT2D eigenvalue weighted by Gasteiger charge is -2.27. The van der Waals surface area contributed by atoms with Crippen molar-refractivity contribution in [3.05, 3.63) is 63.7 Å². The number of anilines is 2. The van der Waals surface area contributed by atoms with E-state index in [1.165, 1.54) is 24.3 Å². The van der Waals surface area contributed by atoms with Crippen LogP contribution in [0.4, 0.5) is 21.9 Å². The summed E-state index contributed by atoms with van der Waals surface area (Å²) in [5.41, 5.74) is 0.298. The number of hydrogen-bond acceptors (Lipinski definition) is 7. The van der Waals surface area contributed by atoms with Crippen LogP contribution >= 0.6 is 0 Å². The van der Waals surface area contributed by atoms with E-state index in [1.807, 2.05) is 0 Å². The predicted octanol–water partition coefficient (Wildman–Crippen LogP) is 2.73. The molecule has 0 bridgehead atoms. The summed E-state index contributed by atoms with van der Waals surface area (Å²) >= 11 is 0. The van der Waals surface area contributed by atoms with E-state index in [2.05, 4.69) is 5.32 Å². The molecule has 0 unspecified atom stereocenters. The normalized spacial score (nSPS) is 15.1. The maximum atomic E-state index is 13.1. The smallest absolute Gasteiger partial charge is 0.336 e. The van der Waals surface area contributed by atoms with E-state index >= 15 is 0 Å². The van der Waals surface area contributed by atoms with Gasteiger partial charge in [-0.05, 0) is 36.8 Å². The van der Waals surface area contributed by atoms with Gasteiger partial charge in [-0.15, -0.1) is 0 Å². The lowest BCUT2D eigenvalue weighted by molar-refractivity contribution is -0.384. The molecule has 1 N–H and O–H groups in total. The van der Waals surface area contributed by atoms with Crippen LogP contribution in [0, 0.1) is 10.1 Å². The first-order valence-corrected chi connectivity index (χ1v) is 9.33. The van der Waals surface area contributed by atoms with E-state index in [9.17, 15) is 24.5 Å². The van der Waals surface area contributed by atoms with Gasteiger partial charge in [-0.3, -0.25) is 25.0 Å². The van der Waals surface area contributed by atoms with Crippen LogP contribution in [0.15, 0.2) is 48.0 Å². The van der Waals surface area contributed by atoms with Gasteiger partial charge in [-0.1, -0.05) is 18.2 Å². The van der Waals surface area contributed by atoms with Crippen LogP contribution < -0.4 is 19.9 Å². The van der Waals surface area contributed by atoms with Crippen molar-refractivity contribution < 1.29 is 24.0 Å². The number of nitro benzene ring substituents is 1. The molecule has 1 aliphatic rings. The third-order valence-corrected chi connectivity index (χ3v) is 4.50. The van der Waals surface area contributed by atoms with Gasteiger partial charge in [0.25, 0.3) is 17.5 Å². The maximum absolute atomic E-state index is 13.1. The minimum absolute atomic E-state index is 0.180. The lowest BCUT2D eigenvalue weighted by Crippen LogP contribution is -2.54. The molecular formula is C21H20N4O6. The topological polar surface area (TPSA) is 122 Å². The van der Waals surface area contributed by atoms with Crippen LogP contribution in [0.5, 0.6) is 5.75 Å². The zero-order chi connectivity index (χ0) is 22.7. The van der Waals surface area contributed by atoms with Gasteiger partial charge >= 0.3 is 6.03 Å². The first-order valence-electron chi connectivity index (χ1n) is 9.33. The quantitative estimate of drug-likeness (QED) is 0.327. The molecule has 1 aliphatic heterocycles. The van der Waals surface area contributed by atoms with E-state index in [-0.39, 0.29) is 22.5 Å². The molecule has 10 heteroatoms. The molecule has 31 heavy (non-hydrogen) atoms. The standard InChI is InChI=1S/C21H20N4O6/c1-4-31-18-8-6-5-7-16(18)24-20(27)14(19(26)22-21(24)28)11-13-9-10-15(23(2)3)17(12-13)25(29)30/h5-12H,4H2,1-3H3,(H,22,26,28)/b14-11+. The summed E-state index contributed by atoms with van der Waals surface area (Å²) in [6.45, 7) is 2.07. The second kappa shape index (κ2) is 8.66. The Morgan fingerprint density at radius 1 is 1.16 bits per heavy atom. The average molecular weight is 424 g/mol. The van der Waals surface area contributed by atoms with Gasteiger partial charge in [-0.2, -0.15) is 0 Å². The number of hydrogen-bond donors (Lipinski definition) is 1. The summed E-state index contributed by atoms with van der Waals surface area (Å²) in [6.07, 6.45) is 1.22. The zero-order valence-electron chi connectivity index (χ0n) is 17.1. The minimum Gasteiger partial charge on any atom is -0.492 e. The molecule has 1 heterocycles. The van der Waals surface area contributed by atoms with Crippen molar-refractivity contribution in [2.45, 2.75) is 6.92 Å². The number of carbonyl (C=O) groups is 3. The molecule has 0 aromatic heterocycles. The van der Waals surface area contributed by atoms with Crippen molar-refractivity contribution in [2.75, 3.05) is 30.5 Å². The third kappa shape index (κ3) is 4.22. The molecule has 4 amide bonds. The number of ether oxygens (including phenoxy) is 1.